The number of rotatable bonds is 12. The first-order valence-corrected chi connectivity index (χ1v) is 35.8. The molecule has 1 aliphatic carbocycles. The van der Waals surface area contributed by atoms with Crippen molar-refractivity contribution in [1.82, 2.24) is 39.0 Å². The number of aryl methyl sites for hydroxylation is 2. The van der Waals surface area contributed by atoms with Gasteiger partial charge in [0.25, 0.3) is 0 Å². The molecule has 515 valence electrons. The van der Waals surface area contributed by atoms with Crippen molar-refractivity contribution in [3.8, 4) is 62.3 Å². The third kappa shape index (κ3) is 14.7. The van der Waals surface area contributed by atoms with Gasteiger partial charge in [0.1, 0.15) is 45.3 Å². The zero-order valence-electron chi connectivity index (χ0n) is 56.8. The maximum Gasteiger partial charge on any atom is 1.20 e. The molecule has 0 amide bonds. The van der Waals surface area contributed by atoms with Crippen molar-refractivity contribution in [3.05, 3.63) is 357 Å². The zero-order chi connectivity index (χ0) is 71.0. The van der Waals surface area contributed by atoms with Crippen molar-refractivity contribution >= 4 is 97.4 Å². The standard InChI is InChI=1S/C36H24N2.C20H15F2N2.3C9H7NO.C6H5NO2.Al.Ir/c1-5-13-33-29(9-1)30-10-2-6-14-34(30)37(33)27-21-17-25(18-22-27)26-19-23-28(24-20-26)38-35-15-7-3-11-31(35)32-12-4-8-16-36(32)38;21-15-9-5-13(6-10-15)19-20(14-7-11-16(22)12-8-14)24-18-4-2-1-3-17(18)23-19;3*11-8-5-1-3-7-4-2-6-10-9(7)8;8-6(9)5-3-1-2-4-7-5;;/h1-24H;5-7,9-12H,1-4H2;3*1-6,11H;1-4H,(H,8,9);;/q;-1;;;;;+3;/p-3. The monoisotopic (exact) mass is 1580 g/mol. The number of hydrogen-bond acceptors (Lipinski definition) is 10. The van der Waals surface area contributed by atoms with Gasteiger partial charge in [-0.1, -0.05) is 170 Å². The Kier molecular flexibility index (Phi) is 20.6. The number of fused-ring (bicyclic) bond motifs is 10. The first kappa shape index (κ1) is 69.1. The fourth-order valence-electron chi connectivity index (χ4n) is 13.4. The maximum atomic E-state index is 13.3. The van der Waals surface area contributed by atoms with Crippen molar-refractivity contribution in [2.45, 2.75) is 25.7 Å². The van der Waals surface area contributed by atoms with Crippen LogP contribution in [-0.2, 0) is 32.9 Å². The molecule has 19 rings (SSSR count). The van der Waals surface area contributed by atoms with Gasteiger partial charge in [-0.15, -0.1) is 29.8 Å². The first-order chi connectivity index (χ1) is 51.7. The van der Waals surface area contributed by atoms with Gasteiger partial charge in [0.05, 0.1) is 39.1 Å². The molecule has 0 saturated heterocycles. The van der Waals surface area contributed by atoms with Crippen molar-refractivity contribution < 1.29 is 50.2 Å². The second-order valence-corrected chi connectivity index (χ2v) is 26.2. The van der Waals surface area contributed by atoms with E-state index in [1.54, 1.807) is 48.9 Å². The summed E-state index contributed by atoms with van der Waals surface area (Å²) in [4.78, 5) is 36.9. The number of hydrogen-bond donors (Lipinski definition) is 1. The Morgan fingerprint density at radius 1 is 0.387 bits per heavy atom. The Bertz CT molecular complexity index is 5630. The van der Waals surface area contributed by atoms with E-state index in [9.17, 15) is 13.6 Å². The van der Waals surface area contributed by atoms with E-state index in [-0.39, 0.29) is 37.4 Å². The molecule has 1 N–H and O–H groups in total. The van der Waals surface area contributed by atoms with Gasteiger partial charge < -0.3 is 25.6 Å². The number of benzene rings is 11. The summed E-state index contributed by atoms with van der Waals surface area (Å²) in [7, 11) is 0. The molecule has 13 nitrogen and oxygen atoms in total. The number of aromatic nitrogens is 8. The van der Waals surface area contributed by atoms with E-state index in [1.165, 1.54) is 103 Å². The summed E-state index contributed by atoms with van der Waals surface area (Å²) in [5.74, 6) is 0.201. The summed E-state index contributed by atoms with van der Waals surface area (Å²) >= 11 is -2.86. The van der Waals surface area contributed by atoms with Crippen molar-refractivity contribution in [1.29, 1.82) is 0 Å². The van der Waals surface area contributed by atoms with Gasteiger partial charge in [-0.05, 0) is 152 Å². The van der Waals surface area contributed by atoms with E-state index in [0.29, 0.717) is 34.2 Å². The first-order valence-electron chi connectivity index (χ1n) is 34.4. The summed E-state index contributed by atoms with van der Waals surface area (Å²) in [5.41, 5.74) is 16.9. The molecule has 0 bridgehead atoms. The summed E-state index contributed by atoms with van der Waals surface area (Å²) in [6.07, 6.45) is 10.7. The average Bonchev–Trinajstić information content (AvgIpc) is 1.58. The summed E-state index contributed by atoms with van der Waals surface area (Å²) in [6, 6.07) is 99.8. The Morgan fingerprint density at radius 2 is 0.764 bits per heavy atom. The number of pyridine rings is 4. The molecule has 0 spiro atoms. The number of halogens is 2. The van der Waals surface area contributed by atoms with Gasteiger partial charge in [-0.3, -0.25) is 29.3 Å². The van der Waals surface area contributed by atoms with E-state index in [1.807, 2.05) is 91.0 Å². The molecule has 17 heteroatoms. The van der Waals surface area contributed by atoms with Crippen LogP contribution in [-0.4, -0.2) is 65.3 Å². The van der Waals surface area contributed by atoms with Gasteiger partial charge in [0.2, 0.25) is 0 Å². The Hall–Kier alpha value is -12.6. The summed E-state index contributed by atoms with van der Waals surface area (Å²) < 4.78 is 50.4. The van der Waals surface area contributed by atoms with Gasteiger partial charge in [-0.25, -0.2) is 14.2 Å². The smallest absolute Gasteiger partial charge is 0.576 e. The number of carboxylic acid groups (broad SMARTS) is 1. The Balaban J connectivity index is 0.000000122. The van der Waals surface area contributed by atoms with Gasteiger partial charge in [-0.2, -0.15) is 0 Å². The predicted molar refractivity (Wildman–Crippen MR) is 413 cm³/mol. The topological polar surface area (TPSA) is 152 Å². The van der Waals surface area contributed by atoms with Crippen LogP contribution in [0.2, 0.25) is 0 Å². The van der Waals surface area contributed by atoms with Crippen LogP contribution in [0, 0.1) is 17.7 Å². The van der Waals surface area contributed by atoms with E-state index in [0.717, 1.165) is 75.3 Å². The molecule has 1 radical (unpaired) electrons. The normalized spacial score (nSPS) is 11.5. The summed E-state index contributed by atoms with van der Waals surface area (Å²) in [5, 5.41) is 16.4. The molecular weight excluding hydrogens is 1520 g/mol. The van der Waals surface area contributed by atoms with E-state index in [4.69, 9.17) is 26.4 Å². The molecule has 11 aromatic carbocycles. The van der Waals surface area contributed by atoms with E-state index >= 15 is 0 Å². The number of aromatic carboxylic acids is 1. The molecule has 7 heterocycles. The zero-order valence-corrected chi connectivity index (χ0v) is 60.3. The molecule has 0 unspecified atom stereocenters. The minimum atomic E-state index is -2.86. The van der Waals surface area contributed by atoms with Crippen LogP contribution in [0.1, 0.15) is 34.7 Å². The number of para-hydroxylation sites is 7. The van der Waals surface area contributed by atoms with Crippen LogP contribution in [0.4, 0.5) is 8.78 Å². The Labute approximate surface area is 627 Å². The third-order valence-corrected chi connectivity index (χ3v) is 19.7. The SMILES string of the molecule is Fc1c[c-]c(-c2nc3c(nc2-c2ccc(F)cc2)CCCC3)cc1.O=C(O)c1ccccn1.[Ir].c1ccc2c(c1)c1ccccc1n2-c1ccc(-c2ccc(-n3c4ccccc4c4ccccc43)cc2)cc1.c1cnc2c([O][Al]([O]c3cccc4cccnc34)[O]c3cccc4cccnc34)cccc2c1. The van der Waals surface area contributed by atoms with Crippen molar-refractivity contribution in [2.24, 2.45) is 0 Å². The average molecular weight is 1580 g/mol. The van der Waals surface area contributed by atoms with Crippen molar-refractivity contribution in [3.63, 3.8) is 0 Å². The van der Waals surface area contributed by atoms with Gasteiger partial charge in [0, 0.05) is 105 Å². The van der Waals surface area contributed by atoms with E-state index < -0.39 is 21.1 Å². The van der Waals surface area contributed by atoms with Crippen LogP contribution in [0.5, 0.6) is 17.2 Å². The quantitative estimate of drug-likeness (QED) is 0.0919. The molecule has 0 saturated carbocycles. The minimum Gasteiger partial charge on any atom is -0.576 e. The molecular formula is C89H62AlF2IrN8O5-. The largest absolute Gasteiger partial charge is 1.20 e. The molecule has 0 fully saturated rings. The number of carboxylic acids is 1. The second kappa shape index (κ2) is 31.6. The molecule has 0 aliphatic heterocycles. The van der Waals surface area contributed by atoms with Crippen LogP contribution >= 0.6 is 0 Å². The summed E-state index contributed by atoms with van der Waals surface area (Å²) in [6.45, 7) is 0. The van der Waals surface area contributed by atoms with Crippen LogP contribution < -0.4 is 11.4 Å². The van der Waals surface area contributed by atoms with E-state index in [2.05, 4.69) is 181 Å². The van der Waals surface area contributed by atoms with Crippen LogP contribution in [0.25, 0.3) is 121 Å². The van der Waals surface area contributed by atoms with Gasteiger partial charge >= 0.3 is 21.1 Å². The third-order valence-electron chi connectivity index (χ3n) is 18.4. The molecule has 18 aromatic rings. The fourth-order valence-corrected chi connectivity index (χ4v) is 14.8. The fraction of sp³-hybridized carbons (Fsp3) is 0.0449. The van der Waals surface area contributed by atoms with Crippen molar-refractivity contribution in [2.75, 3.05) is 0 Å². The predicted octanol–water partition coefficient (Wildman–Crippen LogP) is 20.9. The molecule has 0 atom stereocenters. The Morgan fingerprint density at radius 3 is 1.15 bits per heavy atom. The van der Waals surface area contributed by atoms with Gasteiger partial charge in [0.15, 0.2) is 0 Å². The van der Waals surface area contributed by atoms with Crippen LogP contribution in [0.15, 0.2) is 322 Å². The van der Waals surface area contributed by atoms with Crippen LogP contribution in [0.3, 0.4) is 0 Å². The molecule has 7 aromatic heterocycles. The molecule has 106 heavy (non-hydrogen) atoms. The molecule has 1 aliphatic rings. The number of nitrogens with zero attached hydrogens (tertiary/aromatic N) is 8. The second-order valence-electron chi connectivity index (χ2n) is 24.9. The maximum absolute atomic E-state index is 13.3. The number of carbonyl (C=O) groups is 1. The minimum absolute atomic E-state index is 0.